The third-order valence-electron chi connectivity index (χ3n) is 8.87. The number of phenolic OH excluding ortho intramolecular Hbond substituents is 1. The van der Waals surface area contributed by atoms with Crippen molar-refractivity contribution >= 4 is 29.5 Å². The van der Waals surface area contributed by atoms with E-state index in [1.165, 1.54) is 25.8 Å². The zero-order valence-electron chi connectivity index (χ0n) is 23.4. The number of benzene rings is 2. The second kappa shape index (κ2) is 9.76. The number of methoxy groups -OCH3 is 1. The second-order valence-electron chi connectivity index (χ2n) is 11.2. The van der Waals surface area contributed by atoms with Crippen LogP contribution in [0.15, 0.2) is 6.07 Å². The molecule has 0 saturated carbocycles. The molecule has 0 aliphatic carbocycles. The highest BCUT2D eigenvalue weighted by atomic mass is 32.2. The summed E-state index contributed by atoms with van der Waals surface area (Å²) in [5.74, 6) is -0.942. The molecule has 4 bridgehead atoms. The summed E-state index contributed by atoms with van der Waals surface area (Å²) in [5.41, 5.74) is 4.01. The van der Waals surface area contributed by atoms with E-state index < -0.39 is 53.4 Å². The smallest absolute Gasteiger partial charge is 0.375 e. The summed E-state index contributed by atoms with van der Waals surface area (Å²) < 4.78 is 28.7. The minimum atomic E-state index is -1.05. The number of esters is 2. The molecule has 5 aliphatic rings. The number of aryl methyl sites for hydroxylation is 1. The number of cyclic esters (lactones) is 1. The van der Waals surface area contributed by atoms with Gasteiger partial charge in [0, 0.05) is 35.2 Å². The number of ketones is 1. The predicted octanol–water partition coefficient (Wildman–Crippen LogP) is 1.88. The van der Waals surface area contributed by atoms with E-state index in [2.05, 4.69) is 5.32 Å². The molecule has 5 heterocycles. The van der Waals surface area contributed by atoms with Gasteiger partial charge in [-0.1, -0.05) is 6.07 Å². The Balaban J connectivity index is 1.53. The van der Waals surface area contributed by atoms with Gasteiger partial charge in [-0.2, -0.15) is 0 Å². The fraction of sp³-hybridized carbons (Fsp3) is 0.483. The first-order valence-corrected chi connectivity index (χ1v) is 14.7. The van der Waals surface area contributed by atoms with Crippen molar-refractivity contribution < 1.29 is 48.3 Å². The summed E-state index contributed by atoms with van der Waals surface area (Å²) >= 11 is 1.19. The van der Waals surface area contributed by atoms with Crippen molar-refractivity contribution in [2.75, 3.05) is 26.3 Å². The van der Waals surface area contributed by atoms with Crippen LogP contribution in [0.25, 0.3) is 0 Å². The number of rotatable bonds is 2. The number of nitrogens with zero attached hydrogens (tertiary/aromatic N) is 1. The van der Waals surface area contributed by atoms with E-state index in [1.807, 2.05) is 17.9 Å². The molecule has 42 heavy (non-hydrogen) atoms. The number of aliphatic hydroxyl groups is 1. The first-order valence-electron chi connectivity index (χ1n) is 13.7. The van der Waals surface area contributed by atoms with Crippen LogP contribution in [0, 0.1) is 13.8 Å². The average molecular weight is 599 g/mol. The Morgan fingerprint density at radius 3 is 2.62 bits per heavy atom. The van der Waals surface area contributed by atoms with E-state index >= 15 is 0 Å². The molecule has 2 saturated heterocycles. The monoisotopic (exact) mass is 598 g/mol. The van der Waals surface area contributed by atoms with Gasteiger partial charge in [0.1, 0.15) is 18.6 Å². The van der Waals surface area contributed by atoms with Crippen molar-refractivity contribution in [2.45, 2.75) is 62.8 Å². The number of aliphatic hydroxyl groups excluding tert-OH is 1. The highest BCUT2D eigenvalue weighted by Gasteiger charge is 2.58. The number of nitrogens with one attached hydrogen (secondary N) is 1. The first-order chi connectivity index (χ1) is 20.1. The van der Waals surface area contributed by atoms with Gasteiger partial charge >= 0.3 is 11.9 Å². The van der Waals surface area contributed by atoms with Gasteiger partial charge in [-0.15, -0.1) is 11.8 Å². The number of phenols is 1. The number of carbonyl (C=O) groups excluding carboxylic acids is 3. The van der Waals surface area contributed by atoms with Crippen molar-refractivity contribution in [2.24, 2.45) is 0 Å². The number of fused-ring (bicyclic) bond motifs is 9. The third-order valence-corrected chi connectivity index (χ3v) is 10.2. The van der Waals surface area contributed by atoms with Crippen molar-refractivity contribution in [1.29, 1.82) is 0 Å². The molecule has 222 valence electrons. The summed E-state index contributed by atoms with van der Waals surface area (Å²) in [4.78, 5) is 39.7. The molecule has 0 unspecified atom stereocenters. The van der Waals surface area contributed by atoms with Crippen LogP contribution in [-0.2, 0) is 25.5 Å². The highest BCUT2D eigenvalue weighted by Crippen LogP contribution is 2.62. The van der Waals surface area contributed by atoms with Crippen LogP contribution >= 0.6 is 11.8 Å². The van der Waals surface area contributed by atoms with Crippen molar-refractivity contribution in [3.8, 4) is 28.7 Å². The third kappa shape index (κ3) is 3.76. The normalized spacial score (nSPS) is 29.3. The van der Waals surface area contributed by atoms with Crippen molar-refractivity contribution in [3.05, 3.63) is 39.4 Å². The molecule has 2 aromatic carbocycles. The van der Waals surface area contributed by atoms with Gasteiger partial charge in [0.05, 0.1) is 36.2 Å². The molecule has 5 aliphatic heterocycles. The highest BCUT2D eigenvalue weighted by molar-refractivity contribution is 8.00. The summed E-state index contributed by atoms with van der Waals surface area (Å²) in [6, 6.07) is -0.375. The first kappa shape index (κ1) is 27.3. The van der Waals surface area contributed by atoms with Crippen LogP contribution < -0.4 is 24.3 Å². The van der Waals surface area contributed by atoms with Gasteiger partial charge in [0.2, 0.25) is 12.6 Å². The van der Waals surface area contributed by atoms with Crippen LogP contribution in [0.3, 0.4) is 0 Å². The van der Waals surface area contributed by atoms with Crippen LogP contribution in [0.1, 0.15) is 57.6 Å². The van der Waals surface area contributed by atoms with Crippen LogP contribution in [0.4, 0.5) is 0 Å². The lowest BCUT2D eigenvalue weighted by Crippen LogP contribution is -2.69. The lowest BCUT2D eigenvalue weighted by Gasteiger charge is -2.59. The average Bonchev–Trinajstić information content (AvgIpc) is 3.44. The summed E-state index contributed by atoms with van der Waals surface area (Å²) in [6.07, 6.45) is -0.621. The number of hydrogen-bond donors (Lipinski definition) is 3. The Morgan fingerprint density at radius 2 is 1.88 bits per heavy atom. The molecule has 12 nitrogen and oxygen atoms in total. The Labute approximate surface area is 245 Å². The second-order valence-corrected chi connectivity index (χ2v) is 12.3. The molecule has 13 heteroatoms. The number of Topliss-reactive ketones (excluding diaryl/α,β-unsaturated/α-hetero) is 1. The van der Waals surface area contributed by atoms with Gasteiger partial charge in [0.25, 0.3) is 0 Å². The molecule has 7 rings (SSSR count). The van der Waals surface area contributed by atoms with Gasteiger partial charge in [-0.05, 0) is 31.4 Å². The summed E-state index contributed by atoms with van der Waals surface area (Å²) in [6.45, 7) is 4.60. The molecule has 0 aromatic heterocycles. The summed E-state index contributed by atoms with van der Waals surface area (Å²) in [5, 5.41) is 26.4. The molecule has 2 aromatic rings. The number of thioether (sulfide) groups is 1. The molecule has 0 spiro atoms. The Hall–Kier alpha value is -3.52. The predicted molar refractivity (Wildman–Crippen MR) is 147 cm³/mol. The summed E-state index contributed by atoms with van der Waals surface area (Å²) in [7, 11) is 1.50. The van der Waals surface area contributed by atoms with E-state index in [1.54, 1.807) is 6.92 Å². The van der Waals surface area contributed by atoms with Gasteiger partial charge in [-0.3, -0.25) is 14.5 Å². The number of ether oxygens (including phenoxy) is 5. The standard InChI is InChI=1S/C29H30N2O10S/c1-10-5-13-6-14-28(35)31-15-7-38-29(36)16(33)8-42-27(21(31)20(30-14)17(13)22(34)23(10)37-4)19-18(15)26-25(39-9-40-26)11(2)24(19)41-12(3)32/h5,14-15,20-21,27-28,30,34-35H,6-9H2,1-4H3/t14-,15+,20-,21-,27-,28+/m1/s1. The molecular weight excluding hydrogens is 568 g/mol. The molecule has 2 fully saturated rings. The maximum atomic E-state index is 12.8. The number of carbonyl (C=O) groups is 3. The Morgan fingerprint density at radius 1 is 1.12 bits per heavy atom. The zero-order chi connectivity index (χ0) is 29.6. The fourth-order valence-corrected chi connectivity index (χ4v) is 8.66. The minimum absolute atomic E-state index is 0.00237. The minimum Gasteiger partial charge on any atom is -0.504 e. The van der Waals surface area contributed by atoms with Crippen LogP contribution in [0.2, 0.25) is 0 Å². The van der Waals surface area contributed by atoms with E-state index in [0.29, 0.717) is 45.9 Å². The Kier molecular flexibility index (Phi) is 6.35. The molecule has 0 radical (unpaired) electrons. The Bertz CT molecular complexity index is 1560. The van der Waals surface area contributed by atoms with Crippen LogP contribution in [-0.4, -0.2) is 77.4 Å². The molecule has 6 atom stereocenters. The number of piperazine rings is 1. The largest absolute Gasteiger partial charge is 0.504 e. The SMILES string of the molecule is COc1c(C)cc2c(c1O)[C@H]1N[C@H](C2)[C@H](O)N2[C@H]1[C@@H]1SCC(=O)C(=O)OC[C@H]2c2c3c(c(C)c(OC(C)=O)c21)OCO3. The van der Waals surface area contributed by atoms with E-state index in [0.717, 1.165) is 11.1 Å². The number of aromatic hydroxyl groups is 1. The maximum absolute atomic E-state index is 12.8. The van der Waals surface area contributed by atoms with Crippen molar-refractivity contribution in [3.63, 3.8) is 0 Å². The van der Waals surface area contributed by atoms with Gasteiger partial charge in [0.15, 0.2) is 23.0 Å². The lowest BCUT2D eigenvalue weighted by atomic mass is 9.74. The van der Waals surface area contributed by atoms with Gasteiger partial charge in [-0.25, -0.2) is 4.79 Å². The van der Waals surface area contributed by atoms with E-state index in [-0.39, 0.29) is 30.7 Å². The van der Waals surface area contributed by atoms with Gasteiger partial charge < -0.3 is 39.2 Å². The van der Waals surface area contributed by atoms with E-state index in [4.69, 9.17) is 23.7 Å². The molecular formula is C29H30N2O10S. The maximum Gasteiger partial charge on any atom is 0.375 e. The molecule has 3 N–H and O–H groups in total. The quantitative estimate of drug-likeness (QED) is 0.262. The van der Waals surface area contributed by atoms with E-state index in [9.17, 15) is 24.6 Å². The lowest BCUT2D eigenvalue weighted by molar-refractivity contribution is -0.162. The van der Waals surface area contributed by atoms with Crippen molar-refractivity contribution in [1.82, 2.24) is 10.2 Å². The fourth-order valence-electron chi connectivity index (χ4n) is 7.32. The molecule has 0 amide bonds. The number of hydrogen-bond acceptors (Lipinski definition) is 13. The topological polar surface area (TPSA) is 153 Å². The van der Waals surface area contributed by atoms with Crippen LogP contribution in [0.5, 0.6) is 28.7 Å². The zero-order valence-corrected chi connectivity index (χ0v) is 24.2.